The fourth-order valence-electron chi connectivity index (χ4n) is 2.13. The smallest absolute Gasteiger partial charge is 0.0658 e. The number of para-hydroxylation sites is 1. The largest absolute Gasteiger partial charge is 0.381 e. The molecule has 0 saturated heterocycles. The van der Waals surface area contributed by atoms with E-state index >= 15 is 0 Å². The molecule has 1 aromatic rings. The molecule has 0 bridgehead atoms. The minimum Gasteiger partial charge on any atom is -0.381 e. The molecule has 0 heterocycles. The molecule has 2 nitrogen and oxygen atoms in total. The Morgan fingerprint density at radius 1 is 1.19 bits per heavy atom. The van der Waals surface area contributed by atoms with Crippen LogP contribution in [0.4, 0.5) is 5.69 Å². The van der Waals surface area contributed by atoms with Crippen molar-refractivity contribution in [3.63, 3.8) is 0 Å². The van der Waals surface area contributed by atoms with Gasteiger partial charge in [0.15, 0.2) is 0 Å². The van der Waals surface area contributed by atoms with E-state index in [0.29, 0.717) is 6.10 Å². The van der Waals surface area contributed by atoms with Crippen molar-refractivity contribution in [2.75, 3.05) is 7.11 Å². The van der Waals surface area contributed by atoms with E-state index < -0.39 is 0 Å². The standard InChI is InChI=1S/C14H19NO/c1-11-5-3-4-6-14(11)15-12-7-9-13(16-2)10-8-12/h3-6,13H,7-10H2,1-2H3. The summed E-state index contributed by atoms with van der Waals surface area (Å²) in [5, 5.41) is 0. The molecule has 0 N–H and O–H groups in total. The summed E-state index contributed by atoms with van der Waals surface area (Å²) in [5.41, 5.74) is 3.69. The fourth-order valence-corrected chi connectivity index (χ4v) is 2.13. The Labute approximate surface area is 97.4 Å². The Morgan fingerprint density at radius 2 is 1.88 bits per heavy atom. The predicted octanol–water partition coefficient (Wildman–Crippen LogP) is 3.66. The van der Waals surface area contributed by atoms with Gasteiger partial charge in [0.2, 0.25) is 0 Å². The minimum absolute atomic E-state index is 0.441. The first-order chi connectivity index (χ1) is 7.79. The minimum atomic E-state index is 0.441. The normalized spacial score (nSPS) is 20.9. The van der Waals surface area contributed by atoms with E-state index in [1.165, 1.54) is 11.3 Å². The predicted molar refractivity (Wildman–Crippen MR) is 67.5 cm³/mol. The third kappa shape index (κ3) is 2.70. The van der Waals surface area contributed by atoms with E-state index in [2.05, 4.69) is 25.1 Å². The molecule has 0 spiro atoms. The lowest BCUT2D eigenvalue weighted by molar-refractivity contribution is 0.0863. The van der Waals surface area contributed by atoms with Gasteiger partial charge in [-0.15, -0.1) is 0 Å². The topological polar surface area (TPSA) is 21.6 Å². The van der Waals surface area contributed by atoms with Gasteiger partial charge in [0.1, 0.15) is 0 Å². The second-order valence-electron chi connectivity index (χ2n) is 4.40. The number of rotatable bonds is 2. The summed E-state index contributed by atoms with van der Waals surface area (Å²) in [6.45, 7) is 2.11. The maximum atomic E-state index is 5.36. The summed E-state index contributed by atoms with van der Waals surface area (Å²) >= 11 is 0. The summed E-state index contributed by atoms with van der Waals surface area (Å²) in [7, 11) is 1.80. The molecule has 0 aliphatic heterocycles. The quantitative estimate of drug-likeness (QED) is 0.741. The van der Waals surface area contributed by atoms with Crippen LogP contribution in [0.2, 0.25) is 0 Å². The summed E-state index contributed by atoms with van der Waals surface area (Å²) in [5.74, 6) is 0. The molecule has 1 aromatic carbocycles. The second-order valence-corrected chi connectivity index (χ2v) is 4.40. The number of hydrogen-bond donors (Lipinski definition) is 0. The van der Waals surface area contributed by atoms with Crippen molar-refractivity contribution < 1.29 is 4.74 Å². The Bertz CT molecular complexity index is 374. The zero-order valence-corrected chi connectivity index (χ0v) is 10.1. The van der Waals surface area contributed by atoms with E-state index in [0.717, 1.165) is 31.4 Å². The van der Waals surface area contributed by atoms with Gasteiger partial charge in [0.25, 0.3) is 0 Å². The third-order valence-electron chi connectivity index (χ3n) is 3.24. The van der Waals surface area contributed by atoms with Gasteiger partial charge in [-0.25, -0.2) is 0 Å². The van der Waals surface area contributed by atoms with Gasteiger partial charge in [-0.3, -0.25) is 4.99 Å². The molecule has 1 aliphatic carbocycles. The molecule has 2 heteroatoms. The van der Waals surface area contributed by atoms with E-state index in [4.69, 9.17) is 9.73 Å². The van der Waals surface area contributed by atoms with Crippen molar-refractivity contribution in [1.29, 1.82) is 0 Å². The Kier molecular flexibility index (Phi) is 3.73. The molecule has 1 fully saturated rings. The number of nitrogens with zero attached hydrogens (tertiary/aromatic N) is 1. The van der Waals surface area contributed by atoms with E-state index in [1.54, 1.807) is 7.11 Å². The number of ether oxygens (including phenoxy) is 1. The van der Waals surface area contributed by atoms with Gasteiger partial charge in [-0.1, -0.05) is 18.2 Å². The molecule has 0 amide bonds. The number of aryl methyl sites for hydroxylation is 1. The highest BCUT2D eigenvalue weighted by atomic mass is 16.5. The summed E-state index contributed by atoms with van der Waals surface area (Å²) in [6.07, 6.45) is 4.82. The highest BCUT2D eigenvalue weighted by Crippen LogP contribution is 2.23. The van der Waals surface area contributed by atoms with Crippen LogP contribution in [0.15, 0.2) is 29.3 Å². The van der Waals surface area contributed by atoms with Gasteiger partial charge in [0.05, 0.1) is 11.8 Å². The maximum Gasteiger partial charge on any atom is 0.0658 e. The summed E-state index contributed by atoms with van der Waals surface area (Å²) < 4.78 is 5.36. The van der Waals surface area contributed by atoms with Crippen LogP contribution in [0, 0.1) is 6.92 Å². The first-order valence-electron chi connectivity index (χ1n) is 5.94. The molecule has 1 saturated carbocycles. The van der Waals surface area contributed by atoms with E-state index in [9.17, 15) is 0 Å². The second kappa shape index (κ2) is 5.26. The Hall–Kier alpha value is -1.15. The molecule has 0 atom stereocenters. The van der Waals surface area contributed by atoms with Crippen LogP contribution in [-0.2, 0) is 4.74 Å². The molecule has 0 radical (unpaired) electrons. The molecule has 1 aliphatic rings. The van der Waals surface area contributed by atoms with Crippen LogP contribution in [0.3, 0.4) is 0 Å². The molecular formula is C14H19NO. The van der Waals surface area contributed by atoms with Gasteiger partial charge in [-0.2, -0.15) is 0 Å². The average molecular weight is 217 g/mol. The maximum absolute atomic E-state index is 5.36. The third-order valence-corrected chi connectivity index (χ3v) is 3.24. The van der Waals surface area contributed by atoms with Crippen LogP contribution >= 0.6 is 0 Å². The monoisotopic (exact) mass is 217 g/mol. The van der Waals surface area contributed by atoms with Gasteiger partial charge in [0, 0.05) is 12.8 Å². The number of methoxy groups -OCH3 is 1. The highest BCUT2D eigenvalue weighted by Gasteiger charge is 2.16. The lowest BCUT2D eigenvalue weighted by Gasteiger charge is -2.21. The zero-order valence-electron chi connectivity index (χ0n) is 10.1. The van der Waals surface area contributed by atoms with Gasteiger partial charge < -0.3 is 4.74 Å². The van der Waals surface area contributed by atoms with Crippen molar-refractivity contribution >= 4 is 11.4 Å². The van der Waals surface area contributed by atoms with Crippen molar-refractivity contribution in [3.8, 4) is 0 Å². The van der Waals surface area contributed by atoms with Crippen LogP contribution in [-0.4, -0.2) is 18.9 Å². The SMILES string of the molecule is COC1CCC(=Nc2ccccc2C)CC1. The highest BCUT2D eigenvalue weighted by molar-refractivity contribution is 5.87. The van der Waals surface area contributed by atoms with E-state index in [-0.39, 0.29) is 0 Å². The fraction of sp³-hybridized carbons (Fsp3) is 0.500. The van der Waals surface area contributed by atoms with Gasteiger partial charge >= 0.3 is 0 Å². The van der Waals surface area contributed by atoms with E-state index in [1.807, 2.05) is 6.07 Å². The zero-order chi connectivity index (χ0) is 11.4. The summed E-state index contributed by atoms with van der Waals surface area (Å²) in [4.78, 5) is 4.75. The van der Waals surface area contributed by atoms with Crippen LogP contribution in [0.1, 0.15) is 31.2 Å². The number of benzene rings is 1. The molecule has 16 heavy (non-hydrogen) atoms. The molecule has 0 unspecified atom stereocenters. The van der Waals surface area contributed by atoms with Crippen molar-refractivity contribution in [3.05, 3.63) is 29.8 Å². The van der Waals surface area contributed by atoms with Crippen LogP contribution in [0.5, 0.6) is 0 Å². The molecule has 0 aromatic heterocycles. The Balaban J connectivity index is 2.06. The molecule has 2 rings (SSSR count). The van der Waals surface area contributed by atoms with Crippen LogP contribution < -0.4 is 0 Å². The first-order valence-corrected chi connectivity index (χ1v) is 5.94. The van der Waals surface area contributed by atoms with Crippen molar-refractivity contribution in [2.24, 2.45) is 4.99 Å². The van der Waals surface area contributed by atoms with Gasteiger partial charge in [-0.05, 0) is 44.2 Å². The lowest BCUT2D eigenvalue weighted by Crippen LogP contribution is -2.20. The number of hydrogen-bond acceptors (Lipinski definition) is 2. The first kappa shape index (κ1) is 11.3. The number of aliphatic imine (C=N–C) groups is 1. The van der Waals surface area contributed by atoms with Crippen molar-refractivity contribution in [1.82, 2.24) is 0 Å². The van der Waals surface area contributed by atoms with Crippen molar-refractivity contribution in [2.45, 2.75) is 38.7 Å². The Morgan fingerprint density at radius 3 is 2.50 bits per heavy atom. The van der Waals surface area contributed by atoms with Crippen LogP contribution in [0.25, 0.3) is 0 Å². The molecular weight excluding hydrogens is 198 g/mol. The lowest BCUT2D eigenvalue weighted by atomic mass is 9.95. The summed E-state index contributed by atoms with van der Waals surface area (Å²) in [6, 6.07) is 8.30. The molecule has 86 valence electrons. The average Bonchev–Trinajstić information content (AvgIpc) is 2.33.